The van der Waals surface area contributed by atoms with E-state index in [1.807, 2.05) is 31.0 Å². The molecule has 2 aliphatic rings. The lowest BCUT2D eigenvalue weighted by Gasteiger charge is -2.25. The molecule has 0 bridgehead atoms. The Kier molecular flexibility index (Phi) is 3.70. The molecule has 0 unspecified atom stereocenters. The van der Waals surface area contributed by atoms with Crippen molar-refractivity contribution in [1.29, 1.82) is 0 Å². The first-order valence-corrected chi connectivity index (χ1v) is 8.83. The number of carbonyl (C=O) groups excluding carboxylic acids is 1. The first-order valence-electron chi connectivity index (χ1n) is 8.83. The van der Waals surface area contributed by atoms with Crippen molar-refractivity contribution < 1.29 is 4.79 Å². The molecule has 6 heteroatoms. The van der Waals surface area contributed by atoms with Crippen molar-refractivity contribution in [2.75, 3.05) is 6.54 Å². The molecule has 6 nitrogen and oxygen atoms in total. The molecule has 2 aromatic heterocycles. The fourth-order valence-electron chi connectivity index (χ4n) is 4.06. The van der Waals surface area contributed by atoms with Gasteiger partial charge in [0.2, 0.25) is 5.91 Å². The first-order chi connectivity index (χ1) is 11.5. The fraction of sp³-hybridized carbons (Fsp3) is 0.611. The van der Waals surface area contributed by atoms with E-state index < -0.39 is 0 Å². The van der Waals surface area contributed by atoms with Crippen molar-refractivity contribution in [1.82, 2.24) is 24.5 Å². The SMILES string of the molecule is Cc1cc(C)n(C[C@@H]2CCCN2C(=O)[C@H]2C[C@H]2c2cnn(C)c2)n1. The smallest absolute Gasteiger partial charge is 0.226 e. The van der Waals surface area contributed by atoms with E-state index in [9.17, 15) is 4.79 Å². The second-order valence-electron chi connectivity index (χ2n) is 7.33. The van der Waals surface area contributed by atoms with Crippen LogP contribution in [-0.4, -0.2) is 43.0 Å². The van der Waals surface area contributed by atoms with E-state index in [2.05, 4.69) is 32.8 Å². The Balaban J connectivity index is 1.43. The lowest BCUT2D eigenvalue weighted by Crippen LogP contribution is -2.39. The molecule has 2 aromatic rings. The molecule has 2 fully saturated rings. The summed E-state index contributed by atoms with van der Waals surface area (Å²) in [4.78, 5) is 15.1. The zero-order valence-corrected chi connectivity index (χ0v) is 14.6. The largest absolute Gasteiger partial charge is 0.338 e. The number of hydrogen-bond acceptors (Lipinski definition) is 3. The van der Waals surface area contributed by atoms with Gasteiger partial charge in [-0.15, -0.1) is 0 Å². The third kappa shape index (κ3) is 2.74. The second kappa shape index (κ2) is 5.76. The number of rotatable bonds is 4. The molecule has 0 aromatic carbocycles. The third-order valence-corrected chi connectivity index (χ3v) is 5.41. The van der Waals surface area contributed by atoms with Gasteiger partial charge in [0.1, 0.15) is 0 Å². The van der Waals surface area contributed by atoms with E-state index in [1.54, 1.807) is 0 Å². The maximum absolute atomic E-state index is 13.0. The zero-order valence-electron chi connectivity index (χ0n) is 14.6. The van der Waals surface area contributed by atoms with Gasteiger partial charge >= 0.3 is 0 Å². The molecular formula is C18H25N5O. The summed E-state index contributed by atoms with van der Waals surface area (Å²) >= 11 is 0. The molecule has 3 atom stereocenters. The number of aryl methyl sites for hydroxylation is 3. The van der Waals surface area contributed by atoms with Crippen LogP contribution in [0.15, 0.2) is 18.5 Å². The molecule has 0 spiro atoms. The van der Waals surface area contributed by atoms with Gasteiger partial charge in [-0.1, -0.05) is 0 Å². The standard InChI is InChI=1S/C18H25N5O/c1-12-7-13(2)23(20-12)11-15-5-4-6-22(15)18(24)17-8-16(17)14-9-19-21(3)10-14/h7,9-10,15-17H,4-6,8,11H2,1-3H3/t15-,16-,17-/m0/s1. The predicted octanol–water partition coefficient (Wildman–Crippen LogP) is 2.03. The summed E-state index contributed by atoms with van der Waals surface area (Å²) in [5, 5.41) is 8.79. The Bertz CT molecular complexity index is 761. The molecule has 128 valence electrons. The van der Waals surface area contributed by atoms with Gasteiger partial charge in [-0.2, -0.15) is 10.2 Å². The number of aromatic nitrogens is 4. The number of carbonyl (C=O) groups is 1. The van der Waals surface area contributed by atoms with Gasteiger partial charge in [0.05, 0.1) is 24.5 Å². The van der Waals surface area contributed by atoms with Crippen LogP contribution in [0.5, 0.6) is 0 Å². The van der Waals surface area contributed by atoms with Gasteiger partial charge in [0.25, 0.3) is 0 Å². The monoisotopic (exact) mass is 327 g/mol. The molecule has 0 radical (unpaired) electrons. The fourth-order valence-corrected chi connectivity index (χ4v) is 4.06. The van der Waals surface area contributed by atoms with Crippen LogP contribution in [-0.2, 0) is 18.4 Å². The summed E-state index contributed by atoms with van der Waals surface area (Å²) in [5.41, 5.74) is 3.42. The molecular weight excluding hydrogens is 302 g/mol. The predicted molar refractivity (Wildman–Crippen MR) is 90.5 cm³/mol. The van der Waals surface area contributed by atoms with E-state index >= 15 is 0 Å². The highest BCUT2D eigenvalue weighted by molar-refractivity contribution is 5.83. The van der Waals surface area contributed by atoms with Gasteiger partial charge < -0.3 is 4.90 Å². The first kappa shape index (κ1) is 15.4. The summed E-state index contributed by atoms with van der Waals surface area (Å²) in [6.07, 6.45) is 7.08. The highest BCUT2D eigenvalue weighted by atomic mass is 16.2. The Morgan fingerprint density at radius 2 is 2.21 bits per heavy atom. The number of amides is 1. The average Bonchev–Trinajstić information content (AvgIpc) is 2.83. The lowest BCUT2D eigenvalue weighted by atomic mass is 10.1. The maximum atomic E-state index is 13.0. The molecule has 1 saturated heterocycles. The van der Waals surface area contributed by atoms with Crippen LogP contribution >= 0.6 is 0 Å². The summed E-state index contributed by atoms with van der Waals surface area (Å²) in [7, 11) is 1.92. The Morgan fingerprint density at radius 1 is 1.38 bits per heavy atom. The summed E-state index contributed by atoms with van der Waals surface area (Å²) in [5.74, 6) is 0.837. The van der Waals surface area contributed by atoms with Gasteiger partial charge in [0.15, 0.2) is 0 Å². The van der Waals surface area contributed by atoms with Crippen molar-refractivity contribution >= 4 is 5.91 Å². The molecule has 0 N–H and O–H groups in total. The van der Waals surface area contributed by atoms with Crippen LogP contribution in [0.3, 0.4) is 0 Å². The molecule has 3 heterocycles. The van der Waals surface area contributed by atoms with E-state index in [4.69, 9.17) is 0 Å². The Labute approximate surface area is 142 Å². The minimum absolute atomic E-state index is 0.148. The van der Waals surface area contributed by atoms with Crippen molar-refractivity contribution in [2.24, 2.45) is 13.0 Å². The maximum Gasteiger partial charge on any atom is 0.226 e. The minimum atomic E-state index is 0.148. The zero-order chi connectivity index (χ0) is 16.8. The minimum Gasteiger partial charge on any atom is -0.338 e. The number of nitrogens with zero attached hydrogens (tertiary/aromatic N) is 5. The molecule has 1 amide bonds. The Morgan fingerprint density at radius 3 is 2.88 bits per heavy atom. The van der Waals surface area contributed by atoms with Gasteiger partial charge in [-0.25, -0.2) is 0 Å². The van der Waals surface area contributed by atoms with Crippen molar-refractivity contribution in [3.8, 4) is 0 Å². The van der Waals surface area contributed by atoms with E-state index in [1.165, 1.54) is 11.3 Å². The van der Waals surface area contributed by atoms with Crippen LogP contribution in [0.1, 0.15) is 42.1 Å². The third-order valence-electron chi connectivity index (χ3n) is 5.41. The van der Waals surface area contributed by atoms with E-state index in [-0.39, 0.29) is 12.0 Å². The number of hydrogen-bond donors (Lipinski definition) is 0. The van der Waals surface area contributed by atoms with Crippen LogP contribution in [0.25, 0.3) is 0 Å². The lowest BCUT2D eigenvalue weighted by molar-refractivity contribution is -0.133. The van der Waals surface area contributed by atoms with Crippen LogP contribution < -0.4 is 0 Å². The molecule has 1 aliphatic carbocycles. The van der Waals surface area contributed by atoms with Gasteiger partial charge in [-0.3, -0.25) is 14.2 Å². The molecule has 24 heavy (non-hydrogen) atoms. The highest BCUT2D eigenvalue weighted by Crippen LogP contribution is 2.49. The highest BCUT2D eigenvalue weighted by Gasteiger charge is 2.48. The number of likely N-dealkylation sites (tertiary alicyclic amines) is 1. The van der Waals surface area contributed by atoms with Crippen LogP contribution in [0, 0.1) is 19.8 Å². The molecule has 1 saturated carbocycles. The summed E-state index contributed by atoms with van der Waals surface area (Å²) in [6.45, 7) is 5.80. The average molecular weight is 327 g/mol. The van der Waals surface area contributed by atoms with Crippen LogP contribution in [0.2, 0.25) is 0 Å². The summed E-state index contributed by atoms with van der Waals surface area (Å²) < 4.78 is 3.87. The molecule has 4 rings (SSSR count). The van der Waals surface area contributed by atoms with Crippen LogP contribution in [0.4, 0.5) is 0 Å². The molecule has 1 aliphatic heterocycles. The second-order valence-corrected chi connectivity index (χ2v) is 7.33. The van der Waals surface area contributed by atoms with E-state index in [0.717, 1.165) is 38.0 Å². The van der Waals surface area contributed by atoms with Gasteiger partial charge in [0, 0.05) is 31.4 Å². The topological polar surface area (TPSA) is 56.0 Å². The normalized spacial score (nSPS) is 26.1. The van der Waals surface area contributed by atoms with Crippen molar-refractivity contribution in [3.63, 3.8) is 0 Å². The summed E-state index contributed by atoms with van der Waals surface area (Å²) in [6, 6.07) is 2.38. The van der Waals surface area contributed by atoms with Gasteiger partial charge in [-0.05, 0) is 50.7 Å². The van der Waals surface area contributed by atoms with Crippen molar-refractivity contribution in [3.05, 3.63) is 35.4 Å². The van der Waals surface area contributed by atoms with Crippen molar-refractivity contribution in [2.45, 2.75) is 51.6 Å². The quantitative estimate of drug-likeness (QED) is 0.863. The Hall–Kier alpha value is -2.11. The van der Waals surface area contributed by atoms with E-state index in [0.29, 0.717) is 11.8 Å².